The predicted octanol–water partition coefficient (Wildman–Crippen LogP) is 4.19. The first-order valence-electron chi connectivity index (χ1n) is 6.51. The molecule has 0 fully saturated rings. The molecule has 0 bridgehead atoms. The molecule has 6 heteroatoms. The molecule has 0 spiro atoms. The lowest BCUT2D eigenvalue weighted by molar-refractivity contribution is -0.133. The van der Waals surface area contributed by atoms with Crippen LogP contribution in [0, 0.1) is 13.8 Å². The standard InChI is InChI=1S/C16H14Cl2N2O2/c1-9-7-10(2)14(13(18)8-9)20-16(22)15(21)19-12-5-3-11(17)4-6-12/h3-8H,1-2H3,(H,19,21)(H,20,22). The Morgan fingerprint density at radius 1 is 0.909 bits per heavy atom. The van der Waals surface area contributed by atoms with E-state index in [9.17, 15) is 9.59 Å². The summed E-state index contributed by atoms with van der Waals surface area (Å²) >= 11 is 11.9. The third kappa shape index (κ3) is 4.00. The Bertz CT molecular complexity index is 704. The topological polar surface area (TPSA) is 58.2 Å². The normalized spacial score (nSPS) is 10.2. The zero-order valence-corrected chi connectivity index (χ0v) is 13.5. The second kappa shape index (κ2) is 6.81. The highest BCUT2D eigenvalue weighted by atomic mass is 35.5. The van der Waals surface area contributed by atoms with Crippen LogP contribution in [0.3, 0.4) is 0 Å². The molecule has 0 unspecified atom stereocenters. The molecule has 2 aromatic carbocycles. The first kappa shape index (κ1) is 16.3. The fourth-order valence-electron chi connectivity index (χ4n) is 1.97. The molecule has 0 aromatic heterocycles. The van der Waals surface area contributed by atoms with Crippen molar-refractivity contribution in [3.8, 4) is 0 Å². The summed E-state index contributed by atoms with van der Waals surface area (Å²) in [6, 6.07) is 10.1. The summed E-state index contributed by atoms with van der Waals surface area (Å²) in [5, 5.41) is 5.95. The number of amides is 2. The third-order valence-corrected chi connectivity index (χ3v) is 3.53. The first-order valence-corrected chi connectivity index (χ1v) is 7.27. The van der Waals surface area contributed by atoms with Gasteiger partial charge < -0.3 is 10.6 Å². The molecule has 2 aromatic rings. The second-order valence-corrected chi connectivity index (χ2v) is 5.70. The minimum absolute atomic E-state index is 0.394. The van der Waals surface area contributed by atoms with E-state index < -0.39 is 11.8 Å². The molecular formula is C16H14Cl2N2O2. The molecule has 0 aliphatic heterocycles. The van der Waals surface area contributed by atoms with Gasteiger partial charge in [0.25, 0.3) is 0 Å². The van der Waals surface area contributed by atoms with E-state index in [1.807, 2.05) is 19.9 Å². The Kier molecular flexibility index (Phi) is 5.06. The highest BCUT2D eigenvalue weighted by molar-refractivity contribution is 6.45. The number of carbonyl (C=O) groups is 2. The number of hydrogen-bond acceptors (Lipinski definition) is 2. The van der Waals surface area contributed by atoms with E-state index in [0.717, 1.165) is 11.1 Å². The summed E-state index contributed by atoms with van der Waals surface area (Å²) in [6.45, 7) is 3.71. The van der Waals surface area contributed by atoms with Crippen LogP contribution in [-0.4, -0.2) is 11.8 Å². The van der Waals surface area contributed by atoms with E-state index in [0.29, 0.717) is 21.4 Å². The molecule has 2 amide bonds. The maximum absolute atomic E-state index is 12.0. The molecule has 22 heavy (non-hydrogen) atoms. The Morgan fingerprint density at radius 3 is 2.09 bits per heavy atom. The van der Waals surface area contributed by atoms with Crippen LogP contribution in [0.4, 0.5) is 11.4 Å². The lowest BCUT2D eigenvalue weighted by Crippen LogP contribution is -2.29. The van der Waals surface area contributed by atoms with Gasteiger partial charge in [-0.25, -0.2) is 0 Å². The highest BCUT2D eigenvalue weighted by Gasteiger charge is 2.16. The van der Waals surface area contributed by atoms with E-state index in [1.165, 1.54) is 0 Å². The van der Waals surface area contributed by atoms with Gasteiger partial charge in [0.2, 0.25) is 0 Å². The Balaban J connectivity index is 2.09. The van der Waals surface area contributed by atoms with Gasteiger partial charge >= 0.3 is 11.8 Å². The average molecular weight is 337 g/mol. The van der Waals surface area contributed by atoms with Gasteiger partial charge in [-0.2, -0.15) is 0 Å². The Morgan fingerprint density at radius 2 is 1.50 bits per heavy atom. The molecule has 0 aliphatic carbocycles. The average Bonchev–Trinajstić information content (AvgIpc) is 2.45. The second-order valence-electron chi connectivity index (χ2n) is 4.85. The van der Waals surface area contributed by atoms with Crippen LogP contribution in [0.25, 0.3) is 0 Å². The number of hydrogen-bond donors (Lipinski definition) is 2. The molecule has 114 valence electrons. The number of nitrogens with one attached hydrogen (secondary N) is 2. The number of rotatable bonds is 2. The van der Waals surface area contributed by atoms with Crippen LogP contribution < -0.4 is 10.6 Å². The summed E-state index contributed by atoms with van der Waals surface area (Å²) in [4.78, 5) is 23.9. The zero-order valence-electron chi connectivity index (χ0n) is 12.0. The molecule has 0 atom stereocenters. The van der Waals surface area contributed by atoms with Gasteiger partial charge in [0.1, 0.15) is 0 Å². The van der Waals surface area contributed by atoms with Gasteiger partial charge in [0.05, 0.1) is 10.7 Å². The smallest absolute Gasteiger partial charge is 0.314 e. The van der Waals surface area contributed by atoms with Crippen LogP contribution in [-0.2, 0) is 9.59 Å². The number of anilines is 2. The molecule has 0 radical (unpaired) electrons. The number of halogens is 2. The molecule has 2 rings (SSSR count). The zero-order chi connectivity index (χ0) is 16.3. The molecule has 4 nitrogen and oxygen atoms in total. The van der Waals surface area contributed by atoms with Crippen LogP contribution in [0.1, 0.15) is 11.1 Å². The SMILES string of the molecule is Cc1cc(C)c(NC(=O)C(=O)Nc2ccc(Cl)cc2)c(Cl)c1. The van der Waals surface area contributed by atoms with Crippen LogP contribution in [0.5, 0.6) is 0 Å². The summed E-state index contributed by atoms with van der Waals surface area (Å²) in [6.07, 6.45) is 0. The fourth-order valence-corrected chi connectivity index (χ4v) is 2.46. The first-order chi connectivity index (χ1) is 10.4. The van der Waals surface area contributed by atoms with Crippen molar-refractivity contribution in [2.24, 2.45) is 0 Å². The van der Waals surface area contributed by atoms with Crippen LogP contribution >= 0.6 is 23.2 Å². The van der Waals surface area contributed by atoms with E-state index in [1.54, 1.807) is 30.3 Å². The molecule has 0 saturated heterocycles. The van der Waals surface area contributed by atoms with Crippen molar-refractivity contribution in [1.29, 1.82) is 0 Å². The summed E-state index contributed by atoms with van der Waals surface area (Å²) in [5.41, 5.74) is 2.68. The predicted molar refractivity (Wildman–Crippen MR) is 89.6 cm³/mol. The van der Waals surface area contributed by atoms with Gasteiger partial charge in [-0.05, 0) is 55.3 Å². The minimum Gasteiger partial charge on any atom is -0.318 e. The van der Waals surface area contributed by atoms with Crippen molar-refractivity contribution in [1.82, 2.24) is 0 Å². The van der Waals surface area contributed by atoms with Crippen molar-refractivity contribution in [2.45, 2.75) is 13.8 Å². The maximum atomic E-state index is 12.0. The van der Waals surface area contributed by atoms with Crippen molar-refractivity contribution >= 4 is 46.4 Å². The molecule has 2 N–H and O–H groups in total. The number of benzene rings is 2. The minimum atomic E-state index is -0.788. The van der Waals surface area contributed by atoms with E-state index in [4.69, 9.17) is 23.2 Å². The van der Waals surface area contributed by atoms with Gasteiger partial charge in [0.15, 0.2) is 0 Å². The van der Waals surface area contributed by atoms with Crippen LogP contribution in [0.15, 0.2) is 36.4 Å². The fraction of sp³-hybridized carbons (Fsp3) is 0.125. The molecule has 0 saturated carbocycles. The van der Waals surface area contributed by atoms with Crippen molar-refractivity contribution in [3.05, 3.63) is 57.6 Å². The van der Waals surface area contributed by atoms with Crippen LogP contribution in [0.2, 0.25) is 10.0 Å². The lowest BCUT2D eigenvalue weighted by Gasteiger charge is -2.11. The highest BCUT2D eigenvalue weighted by Crippen LogP contribution is 2.27. The summed E-state index contributed by atoms with van der Waals surface area (Å²) < 4.78 is 0. The number of carbonyl (C=O) groups excluding carboxylic acids is 2. The van der Waals surface area contributed by atoms with E-state index >= 15 is 0 Å². The van der Waals surface area contributed by atoms with Crippen molar-refractivity contribution in [2.75, 3.05) is 10.6 Å². The van der Waals surface area contributed by atoms with Gasteiger partial charge in [-0.3, -0.25) is 9.59 Å². The molecule has 0 aliphatic rings. The number of aryl methyl sites for hydroxylation is 2. The van der Waals surface area contributed by atoms with Gasteiger partial charge in [0, 0.05) is 10.7 Å². The molecular weight excluding hydrogens is 323 g/mol. The quantitative estimate of drug-likeness (QED) is 0.808. The monoisotopic (exact) mass is 336 g/mol. The lowest BCUT2D eigenvalue weighted by atomic mass is 10.1. The van der Waals surface area contributed by atoms with E-state index in [2.05, 4.69) is 10.6 Å². The van der Waals surface area contributed by atoms with Gasteiger partial charge in [-0.1, -0.05) is 29.3 Å². The summed E-state index contributed by atoms with van der Waals surface area (Å²) in [7, 11) is 0. The van der Waals surface area contributed by atoms with Crippen molar-refractivity contribution < 1.29 is 9.59 Å². The summed E-state index contributed by atoms with van der Waals surface area (Å²) in [5.74, 6) is -1.57. The van der Waals surface area contributed by atoms with Gasteiger partial charge in [-0.15, -0.1) is 0 Å². The Hall–Kier alpha value is -2.04. The molecule has 0 heterocycles. The van der Waals surface area contributed by atoms with E-state index in [-0.39, 0.29) is 0 Å². The third-order valence-electron chi connectivity index (χ3n) is 2.98. The van der Waals surface area contributed by atoms with Crippen molar-refractivity contribution in [3.63, 3.8) is 0 Å². The maximum Gasteiger partial charge on any atom is 0.314 e. The largest absolute Gasteiger partial charge is 0.318 e. The Labute approximate surface area is 138 Å².